The van der Waals surface area contributed by atoms with Crippen molar-refractivity contribution in [1.82, 2.24) is 4.31 Å². The first-order chi connectivity index (χ1) is 14.8. The molecule has 1 N–H and O–H groups in total. The summed E-state index contributed by atoms with van der Waals surface area (Å²) >= 11 is 1.20. The third-order valence-corrected chi connectivity index (χ3v) is 7.11. The van der Waals surface area contributed by atoms with E-state index in [1.54, 1.807) is 18.4 Å². The van der Waals surface area contributed by atoms with Gasteiger partial charge in [-0.15, -0.1) is 11.3 Å². The third-order valence-electron chi connectivity index (χ3n) is 4.46. The molecule has 0 aliphatic carbocycles. The van der Waals surface area contributed by atoms with Crippen LogP contribution in [0.25, 0.3) is 0 Å². The van der Waals surface area contributed by atoms with E-state index in [9.17, 15) is 18.0 Å². The molecule has 0 saturated heterocycles. The molecule has 1 heterocycles. The highest BCUT2D eigenvalue weighted by Gasteiger charge is 2.22. The second kappa shape index (κ2) is 9.86. The van der Waals surface area contributed by atoms with E-state index in [2.05, 4.69) is 5.32 Å². The van der Waals surface area contributed by atoms with Crippen molar-refractivity contribution in [3.63, 3.8) is 0 Å². The lowest BCUT2D eigenvalue weighted by Gasteiger charge is -2.17. The molecule has 3 rings (SSSR count). The highest BCUT2D eigenvalue weighted by molar-refractivity contribution is 7.89. The van der Waals surface area contributed by atoms with Gasteiger partial charge in [-0.25, -0.2) is 13.2 Å². The van der Waals surface area contributed by atoms with E-state index >= 15 is 0 Å². The van der Waals surface area contributed by atoms with Gasteiger partial charge in [0.1, 0.15) is 5.00 Å². The largest absolute Gasteiger partial charge is 0.462 e. The number of hydrogen-bond donors (Lipinski definition) is 1. The van der Waals surface area contributed by atoms with Crippen LogP contribution in [-0.4, -0.2) is 38.3 Å². The van der Waals surface area contributed by atoms with Gasteiger partial charge in [-0.1, -0.05) is 30.3 Å². The van der Waals surface area contributed by atoms with E-state index in [-0.39, 0.29) is 29.2 Å². The number of carbonyl (C=O) groups excluding carboxylic acids is 2. The summed E-state index contributed by atoms with van der Waals surface area (Å²) < 4.78 is 31.9. The predicted octanol–water partition coefficient (Wildman–Crippen LogP) is 4.00. The van der Waals surface area contributed by atoms with Crippen LogP contribution < -0.4 is 5.32 Å². The number of nitrogens with zero attached hydrogens (tertiary/aromatic N) is 1. The zero-order valence-electron chi connectivity index (χ0n) is 17.1. The topological polar surface area (TPSA) is 92.8 Å². The number of anilines is 1. The molecule has 0 atom stereocenters. The van der Waals surface area contributed by atoms with Crippen LogP contribution in [0.3, 0.4) is 0 Å². The highest BCUT2D eigenvalue weighted by atomic mass is 32.2. The fourth-order valence-electron chi connectivity index (χ4n) is 2.83. The van der Waals surface area contributed by atoms with Crippen LogP contribution in [0, 0.1) is 0 Å². The van der Waals surface area contributed by atoms with Crippen molar-refractivity contribution in [3.8, 4) is 0 Å². The zero-order valence-corrected chi connectivity index (χ0v) is 18.7. The van der Waals surface area contributed by atoms with Gasteiger partial charge >= 0.3 is 5.97 Å². The maximum absolute atomic E-state index is 12.8. The van der Waals surface area contributed by atoms with Gasteiger partial charge in [-0.3, -0.25) is 4.79 Å². The first-order valence-corrected chi connectivity index (χ1v) is 11.8. The number of ether oxygens (including phenoxy) is 1. The Hall–Kier alpha value is -3.01. The lowest BCUT2D eigenvalue weighted by atomic mass is 10.2. The van der Waals surface area contributed by atoms with E-state index in [0.717, 1.165) is 5.56 Å². The van der Waals surface area contributed by atoms with Crippen molar-refractivity contribution < 1.29 is 22.7 Å². The lowest BCUT2D eigenvalue weighted by molar-refractivity contribution is 0.0528. The molecule has 162 valence electrons. The molecule has 0 spiro atoms. The number of amides is 1. The van der Waals surface area contributed by atoms with Gasteiger partial charge in [-0.05, 0) is 48.2 Å². The van der Waals surface area contributed by atoms with Crippen molar-refractivity contribution in [2.45, 2.75) is 18.4 Å². The Labute approximate surface area is 185 Å². The van der Waals surface area contributed by atoms with Gasteiger partial charge in [-0.2, -0.15) is 4.31 Å². The van der Waals surface area contributed by atoms with Crippen molar-refractivity contribution in [1.29, 1.82) is 0 Å². The summed E-state index contributed by atoms with van der Waals surface area (Å²) in [5, 5.41) is 4.74. The fraction of sp³-hybridized carbons (Fsp3) is 0.182. The first kappa shape index (κ1) is 22.7. The van der Waals surface area contributed by atoms with Gasteiger partial charge in [0.15, 0.2) is 0 Å². The normalized spacial score (nSPS) is 11.3. The molecule has 1 aromatic heterocycles. The van der Waals surface area contributed by atoms with Gasteiger partial charge < -0.3 is 10.1 Å². The second-order valence-electron chi connectivity index (χ2n) is 6.61. The van der Waals surface area contributed by atoms with Crippen LogP contribution >= 0.6 is 11.3 Å². The Morgan fingerprint density at radius 3 is 2.35 bits per heavy atom. The average Bonchev–Trinajstić information content (AvgIpc) is 3.23. The number of hydrogen-bond acceptors (Lipinski definition) is 6. The number of thiophene rings is 1. The monoisotopic (exact) mass is 458 g/mol. The van der Waals surface area contributed by atoms with Crippen molar-refractivity contribution in [3.05, 3.63) is 82.7 Å². The van der Waals surface area contributed by atoms with E-state index in [1.165, 1.54) is 47.0 Å². The van der Waals surface area contributed by atoms with Crippen molar-refractivity contribution in [2.24, 2.45) is 0 Å². The molecule has 9 heteroatoms. The van der Waals surface area contributed by atoms with Gasteiger partial charge in [0.25, 0.3) is 5.91 Å². The Morgan fingerprint density at radius 1 is 1.03 bits per heavy atom. The molecule has 0 bridgehead atoms. The summed E-state index contributed by atoms with van der Waals surface area (Å²) in [6, 6.07) is 16.5. The Kier molecular flexibility index (Phi) is 7.21. The van der Waals surface area contributed by atoms with E-state index in [4.69, 9.17) is 4.74 Å². The number of sulfonamides is 1. The maximum Gasteiger partial charge on any atom is 0.341 e. The Balaban J connectivity index is 1.72. The maximum atomic E-state index is 12.8. The molecule has 0 fully saturated rings. The van der Waals surface area contributed by atoms with Crippen LogP contribution in [0.15, 0.2) is 70.9 Å². The van der Waals surface area contributed by atoms with Crippen LogP contribution in [-0.2, 0) is 21.3 Å². The van der Waals surface area contributed by atoms with Crippen molar-refractivity contribution in [2.75, 3.05) is 19.0 Å². The van der Waals surface area contributed by atoms with E-state index in [0.29, 0.717) is 5.00 Å². The molecule has 0 aliphatic heterocycles. The molecule has 31 heavy (non-hydrogen) atoms. The average molecular weight is 459 g/mol. The van der Waals surface area contributed by atoms with E-state index in [1.807, 2.05) is 30.3 Å². The van der Waals surface area contributed by atoms with Crippen LogP contribution in [0.5, 0.6) is 0 Å². The van der Waals surface area contributed by atoms with Gasteiger partial charge in [0, 0.05) is 19.2 Å². The molecular formula is C22H22N2O5S2. The third kappa shape index (κ3) is 5.38. The van der Waals surface area contributed by atoms with Gasteiger partial charge in [0.05, 0.1) is 17.1 Å². The Morgan fingerprint density at radius 2 is 1.71 bits per heavy atom. The quantitative estimate of drug-likeness (QED) is 0.515. The summed E-state index contributed by atoms with van der Waals surface area (Å²) in [4.78, 5) is 24.6. The number of benzene rings is 2. The first-order valence-electron chi connectivity index (χ1n) is 9.49. The predicted molar refractivity (Wildman–Crippen MR) is 120 cm³/mol. The number of rotatable bonds is 8. The fourth-order valence-corrected chi connectivity index (χ4v) is 4.76. The summed E-state index contributed by atoms with van der Waals surface area (Å²) in [6.45, 7) is 2.17. The highest BCUT2D eigenvalue weighted by Crippen LogP contribution is 2.25. The van der Waals surface area contributed by atoms with Crippen LogP contribution in [0.1, 0.15) is 33.2 Å². The van der Waals surface area contributed by atoms with Crippen LogP contribution in [0.2, 0.25) is 0 Å². The molecule has 7 nitrogen and oxygen atoms in total. The van der Waals surface area contributed by atoms with Crippen molar-refractivity contribution >= 4 is 38.2 Å². The lowest BCUT2D eigenvalue weighted by Crippen LogP contribution is -2.26. The molecule has 0 aliphatic rings. The number of esters is 1. The molecule has 2 aromatic carbocycles. The molecule has 0 unspecified atom stereocenters. The molecule has 0 saturated carbocycles. The number of carbonyl (C=O) groups is 2. The minimum atomic E-state index is -3.71. The van der Waals surface area contributed by atoms with E-state index < -0.39 is 21.9 Å². The smallest absolute Gasteiger partial charge is 0.341 e. The van der Waals surface area contributed by atoms with Crippen LogP contribution in [0.4, 0.5) is 5.00 Å². The summed E-state index contributed by atoms with van der Waals surface area (Å²) in [7, 11) is -2.20. The minimum absolute atomic E-state index is 0.0887. The zero-order chi connectivity index (χ0) is 22.4. The summed E-state index contributed by atoms with van der Waals surface area (Å²) in [5.74, 6) is -0.962. The van der Waals surface area contributed by atoms with Gasteiger partial charge in [0.2, 0.25) is 10.0 Å². The minimum Gasteiger partial charge on any atom is -0.462 e. The summed E-state index contributed by atoms with van der Waals surface area (Å²) in [6.07, 6.45) is 0. The molecule has 0 radical (unpaired) electrons. The molecule has 1 amide bonds. The SMILES string of the molecule is CCOC(=O)c1ccsc1NC(=O)c1ccc(S(=O)(=O)N(C)Cc2ccccc2)cc1. The number of nitrogens with one attached hydrogen (secondary N) is 1. The molecular weight excluding hydrogens is 436 g/mol. The second-order valence-corrected chi connectivity index (χ2v) is 9.57. The summed E-state index contributed by atoms with van der Waals surface area (Å²) in [5.41, 5.74) is 1.42. The molecule has 3 aromatic rings. The Bertz CT molecular complexity index is 1160. The standard InChI is InChI=1S/C22H22N2O5S2/c1-3-29-22(26)19-13-14-30-21(19)23-20(25)17-9-11-18(12-10-17)31(27,28)24(2)15-16-7-5-4-6-8-16/h4-14H,3,15H2,1-2H3,(H,23,25).